The molecule has 0 atom stereocenters. The van der Waals surface area contributed by atoms with Gasteiger partial charge in [-0.1, -0.05) is 59.7 Å². The highest BCUT2D eigenvalue weighted by Crippen LogP contribution is 2.47. The van der Waals surface area contributed by atoms with Crippen LogP contribution in [0.4, 0.5) is 11.4 Å². The van der Waals surface area contributed by atoms with Crippen LogP contribution in [0.15, 0.2) is 106 Å². The van der Waals surface area contributed by atoms with Crippen LogP contribution in [-0.4, -0.2) is 6.71 Å². The van der Waals surface area contributed by atoms with E-state index < -0.39 is 0 Å². The van der Waals surface area contributed by atoms with Crippen molar-refractivity contribution in [2.24, 2.45) is 0 Å². The Kier molecular flexibility index (Phi) is 4.20. The molecule has 4 aliphatic rings. The van der Waals surface area contributed by atoms with Gasteiger partial charge in [-0.05, 0) is 66.6 Å². The molecule has 4 aromatic rings. The minimum atomic E-state index is 0.192. The predicted octanol–water partition coefficient (Wildman–Crippen LogP) is 6.09. The van der Waals surface area contributed by atoms with Crippen LogP contribution >= 0.6 is 11.8 Å². The summed E-state index contributed by atoms with van der Waals surface area (Å²) in [5, 5.41) is 0. The van der Waals surface area contributed by atoms with Gasteiger partial charge in [-0.25, -0.2) is 0 Å². The summed E-state index contributed by atoms with van der Waals surface area (Å²) in [6.07, 6.45) is 4.39. The molecule has 0 amide bonds. The van der Waals surface area contributed by atoms with Crippen molar-refractivity contribution < 1.29 is 9.47 Å². The number of anilines is 2. The standard InChI is InChI=1S/C30H22BNO2S/c1-6-14-28-21(8-1)31-20-17-16-19(18-27(20)34-26-13-7-15-29(35-28)30(26)31)32-22-9-2-4-11-24(22)33-25-12-5-3-10-23(25)32/h1-2,4,6-9,11,13-18H,3,5,10,12H2. The van der Waals surface area contributed by atoms with Gasteiger partial charge in [0.1, 0.15) is 17.3 Å². The molecule has 0 aromatic heterocycles. The predicted molar refractivity (Wildman–Crippen MR) is 143 cm³/mol. The van der Waals surface area contributed by atoms with Crippen LogP contribution in [-0.2, 0) is 0 Å². The lowest BCUT2D eigenvalue weighted by Crippen LogP contribution is -2.57. The first-order chi connectivity index (χ1) is 17.3. The summed E-state index contributed by atoms with van der Waals surface area (Å²) in [6.45, 7) is 0.192. The first kappa shape index (κ1) is 19.7. The minimum Gasteiger partial charge on any atom is -0.458 e. The Morgan fingerprint density at radius 2 is 1.51 bits per heavy atom. The molecule has 168 valence electrons. The van der Waals surface area contributed by atoms with Crippen molar-refractivity contribution in [2.75, 3.05) is 4.90 Å². The average molecular weight is 471 g/mol. The maximum Gasteiger partial charge on any atom is 0.253 e. The molecule has 3 nitrogen and oxygen atoms in total. The van der Waals surface area contributed by atoms with Crippen molar-refractivity contribution >= 4 is 46.2 Å². The largest absolute Gasteiger partial charge is 0.458 e. The van der Waals surface area contributed by atoms with Crippen LogP contribution in [0.1, 0.15) is 25.7 Å². The first-order valence-corrected chi connectivity index (χ1v) is 13.2. The number of hydrogen-bond acceptors (Lipinski definition) is 4. The fourth-order valence-corrected chi connectivity index (χ4v) is 7.17. The van der Waals surface area contributed by atoms with E-state index in [9.17, 15) is 0 Å². The average Bonchev–Trinajstić information content (AvgIpc) is 2.91. The lowest BCUT2D eigenvalue weighted by atomic mass is 9.35. The van der Waals surface area contributed by atoms with E-state index in [1.54, 1.807) is 0 Å². The lowest BCUT2D eigenvalue weighted by molar-refractivity contribution is 0.363. The normalized spacial score (nSPS) is 16.8. The van der Waals surface area contributed by atoms with Crippen molar-refractivity contribution in [3.05, 3.63) is 96.4 Å². The summed E-state index contributed by atoms with van der Waals surface area (Å²) in [5.41, 5.74) is 7.42. The second-order valence-electron chi connectivity index (χ2n) is 9.55. The molecule has 8 rings (SSSR count). The van der Waals surface area contributed by atoms with E-state index >= 15 is 0 Å². The molecule has 0 saturated heterocycles. The van der Waals surface area contributed by atoms with Crippen molar-refractivity contribution in [1.82, 2.24) is 0 Å². The van der Waals surface area contributed by atoms with Gasteiger partial charge in [0, 0.05) is 28.0 Å². The quantitative estimate of drug-likeness (QED) is 0.271. The molecular weight excluding hydrogens is 449 g/mol. The number of hydrogen-bond donors (Lipinski definition) is 0. The third kappa shape index (κ3) is 2.88. The maximum absolute atomic E-state index is 6.61. The van der Waals surface area contributed by atoms with Gasteiger partial charge in [0.05, 0.1) is 11.4 Å². The number of rotatable bonds is 1. The summed E-state index contributed by atoms with van der Waals surface area (Å²) < 4.78 is 13.0. The summed E-state index contributed by atoms with van der Waals surface area (Å²) in [4.78, 5) is 5.02. The molecule has 0 radical (unpaired) electrons. The molecule has 3 aliphatic heterocycles. The van der Waals surface area contributed by atoms with E-state index in [0.717, 1.165) is 47.2 Å². The molecule has 1 aliphatic carbocycles. The number of allylic oxidation sites excluding steroid dienone is 2. The molecule has 4 aromatic carbocycles. The fraction of sp³-hybridized carbons (Fsp3) is 0.133. The van der Waals surface area contributed by atoms with Crippen LogP contribution in [0.5, 0.6) is 17.2 Å². The van der Waals surface area contributed by atoms with Gasteiger partial charge in [-0.2, -0.15) is 0 Å². The highest BCUT2D eigenvalue weighted by Gasteiger charge is 2.39. The fourth-order valence-electron chi connectivity index (χ4n) is 6.01. The van der Waals surface area contributed by atoms with E-state index in [0.29, 0.717) is 0 Å². The number of ether oxygens (including phenoxy) is 2. The Morgan fingerprint density at radius 1 is 0.686 bits per heavy atom. The maximum atomic E-state index is 6.61. The van der Waals surface area contributed by atoms with Crippen molar-refractivity contribution in [3.63, 3.8) is 0 Å². The summed E-state index contributed by atoms with van der Waals surface area (Å²) in [5.74, 6) is 3.96. The van der Waals surface area contributed by atoms with E-state index in [-0.39, 0.29) is 6.71 Å². The number of para-hydroxylation sites is 2. The Hall–Kier alpha value is -3.57. The smallest absolute Gasteiger partial charge is 0.253 e. The molecule has 0 spiro atoms. The second-order valence-corrected chi connectivity index (χ2v) is 10.6. The summed E-state index contributed by atoms with van der Waals surface area (Å²) in [6, 6.07) is 30.4. The number of benzene rings is 4. The third-order valence-electron chi connectivity index (χ3n) is 7.55. The van der Waals surface area contributed by atoms with Gasteiger partial charge in [0.2, 0.25) is 0 Å². The highest BCUT2D eigenvalue weighted by atomic mass is 32.2. The topological polar surface area (TPSA) is 21.7 Å². The van der Waals surface area contributed by atoms with Gasteiger partial charge in [-0.3, -0.25) is 0 Å². The van der Waals surface area contributed by atoms with Gasteiger partial charge >= 0.3 is 0 Å². The number of nitrogens with zero attached hydrogens (tertiary/aromatic N) is 1. The van der Waals surface area contributed by atoms with Crippen LogP contribution in [0.25, 0.3) is 0 Å². The summed E-state index contributed by atoms with van der Waals surface area (Å²) in [7, 11) is 0. The van der Waals surface area contributed by atoms with E-state index in [2.05, 4.69) is 89.8 Å². The molecule has 35 heavy (non-hydrogen) atoms. The van der Waals surface area contributed by atoms with Gasteiger partial charge in [-0.15, -0.1) is 0 Å². The molecule has 0 saturated carbocycles. The monoisotopic (exact) mass is 471 g/mol. The zero-order chi connectivity index (χ0) is 22.9. The Morgan fingerprint density at radius 3 is 2.51 bits per heavy atom. The zero-order valence-corrected chi connectivity index (χ0v) is 20.0. The zero-order valence-electron chi connectivity index (χ0n) is 19.2. The Labute approximate surface area is 209 Å². The minimum absolute atomic E-state index is 0.192. The second kappa shape index (κ2) is 7.46. The SMILES string of the molecule is c1ccc2c(c1)OC1=C(CCCC1)N2c1ccc2c(c1)Oc1cccc3c1B2c1ccccc1S3. The third-order valence-corrected chi connectivity index (χ3v) is 8.72. The van der Waals surface area contributed by atoms with Crippen molar-refractivity contribution in [2.45, 2.75) is 35.5 Å². The molecule has 0 bridgehead atoms. The molecule has 0 unspecified atom stereocenters. The molecule has 0 fully saturated rings. The van der Waals surface area contributed by atoms with Crippen LogP contribution in [0.2, 0.25) is 0 Å². The van der Waals surface area contributed by atoms with Gasteiger partial charge in [0.25, 0.3) is 6.71 Å². The molecular formula is C30H22BNO2S. The van der Waals surface area contributed by atoms with Gasteiger partial charge in [0.15, 0.2) is 5.75 Å². The van der Waals surface area contributed by atoms with E-state index in [1.165, 1.54) is 44.7 Å². The Bertz CT molecular complexity index is 1560. The van der Waals surface area contributed by atoms with E-state index in [4.69, 9.17) is 9.47 Å². The van der Waals surface area contributed by atoms with Crippen LogP contribution in [0, 0.1) is 0 Å². The highest BCUT2D eigenvalue weighted by molar-refractivity contribution is 8.00. The molecule has 3 heterocycles. The van der Waals surface area contributed by atoms with Crippen LogP contribution in [0.3, 0.4) is 0 Å². The van der Waals surface area contributed by atoms with Crippen LogP contribution < -0.4 is 30.8 Å². The molecule has 0 N–H and O–H groups in total. The van der Waals surface area contributed by atoms with E-state index in [1.807, 2.05) is 11.8 Å². The van der Waals surface area contributed by atoms with Crippen molar-refractivity contribution in [1.29, 1.82) is 0 Å². The Balaban J connectivity index is 1.31. The van der Waals surface area contributed by atoms with Gasteiger partial charge < -0.3 is 14.4 Å². The lowest BCUT2D eigenvalue weighted by Gasteiger charge is -2.38. The first-order valence-electron chi connectivity index (χ1n) is 12.4. The number of fused-ring (bicyclic) bond motifs is 5. The van der Waals surface area contributed by atoms with Crippen molar-refractivity contribution in [3.8, 4) is 17.2 Å². The molecule has 5 heteroatoms. The summed E-state index contributed by atoms with van der Waals surface area (Å²) >= 11 is 1.85.